The zero-order valence-corrected chi connectivity index (χ0v) is 8.61. The lowest BCUT2D eigenvalue weighted by atomic mass is 10.3. The Labute approximate surface area is 87.1 Å². The van der Waals surface area contributed by atoms with Gasteiger partial charge in [0.05, 0.1) is 0 Å². The van der Waals surface area contributed by atoms with Crippen LogP contribution in [-0.4, -0.2) is 23.0 Å². The van der Waals surface area contributed by atoms with E-state index >= 15 is 0 Å². The minimum atomic E-state index is -1.08. The standard InChI is InChI=1S/C10H13NO4/c1-3-7-4-5-8(15-7)9(12)11-6(2)10(13)14/h4-6H,3H2,1-2H3,(H,11,12)(H,13,14). The molecule has 1 aromatic rings. The quantitative estimate of drug-likeness (QED) is 0.780. The van der Waals surface area contributed by atoms with E-state index in [0.29, 0.717) is 12.2 Å². The van der Waals surface area contributed by atoms with Gasteiger partial charge in [-0.3, -0.25) is 9.59 Å². The van der Waals surface area contributed by atoms with Gasteiger partial charge < -0.3 is 14.8 Å². The largest absolute Gasteiger partial charge is 0.480 e. The van der Waals surface area contributed by atoms with E-state index in [0.717, 1.165) is 0 Å². The van der Waals surface area contributed by atoms with Crippen LogP contribution in [0.15, 0.2) is 16.5 Å². The summed E-state index contributed by atoms with van der Waals surface area (Å²) in [5, 5.41) is 10.9. The highest BCUT2D eigenvalue weighted by atomic mass is 16.4. The molecule has 2 N–H and O–H groups in total. The molecule has 1 aromatic heterocycles. The molecule has 0 aliphatic rings. The summed E-state index contributed by atoms with van der Waals surface area (Å²) in [6, 6.07) is 2.30. The number of nitrogens with one attached hydrogen (secondary N) is 1. The molecule has 0 saturated carbocycles. The van der Waals surface area contributed by atoms with Crippen LogP contribution in [0.25, 0.3) is 0 Å². The first kappa shape index (κ1) is 11.3. The van der Waals surface area contributed by atoms with Crippen molar-refractivity contribution in [2.45, 2.75) is 26.3 Å². The molecule has 1 heterocycles. The molecule has 15 heavy (non-hydrogen) atoms. The molecule has 1 rings (SSSR count). The van der Waals surface area contributed by atoms with Crippen LogP contribution in [0.2, 0.25) is 0 Å². The Bertz CT molecular complexity index is 369. The third-order valence-electron chi connectivity index (χ3n) is 1.95. The Hall–Kier alpha value is -1.78. The summed E-state index contributed by atoms with van der Waals surface area (Å²) in [4.78, 5) is 21.9. The number of hydrogen-bond acceptors (Lipinski definition) is 3. The van der Waals surface area contributed by atoms with Crippen molar-refractivity contribution < 1.29 is 19.1 Å². The van der Waals surface area contributed by atoms with E-state index in [1.54, 1.807) is 6.07 Å². The molecule has 0 bridgehead atoms. The van der Waals surface area contributed by atoms with Crippen LogP contribution in [0, 0.1) is 0 Å². The molecule has 5 heteroatoms. The summed E-state index contributed by atoms with van der Waals surface area (Å²) >= 11 is 0. The molecule has 0 aliphatic carbocycles. The highest BCUT2D eigenvalue weighted by Crippen LogP contribution is 2.08. The maximum absolute atomic E-state index is 11.4. The van der Waals surface area contributed by atoms with Crippen molar-refractivity contribution in [1.29, 1.82) is 0 Å². The fraction of sp³-hybridized carbons (Fsp3) is 0.400. The van der Waals surface area contributed by atoms with E-state index in [1.165, 1.54) is 13.0 Å². The third kappa shape index (κ3) is 2.83. The number of carbonyl (C=O) groups is 2. The van der Waals surface area contributed by atoms with Crippen molar-refractivity contribution in [3.63, 3.8) is 0 Å². The Morgan fingerprint density at radius 3 is 2.67 bits per heavy atom. The number of carboxylic acids is 1. The zero-order chi connectivity index (χ0) is 11.4. The molecule has 0 aromatic carbocycles. The summed E-state index contributed by atoms with van der Waals surface area (Å²) in [6.45, 7) is 3.30. The van der Waals surface area contributed by atoms with Crippen molar-refractivity contribution in [3.8, 4) is 0 Å². The Morgan fingerprint density at radius 1 is 1.53 bits per heavy atom. The van der Waals surface area contributed by atoms with Gasteiger partial charge in [-0.25, -0.2) is 0 Å². The van der Waals surface area contributed by atoms with E-state index in [9.17, 15) is 9.59 Å². The molecule has 0 saturated heterocycles. The second-order valence-electron chi connectivity index (χ2n) is 3.15. The normalized spacial score (nSPS) is 12.1. The van der Waals surface area contributed by atoms with E-state index in [-0.39, 0.29) is 5.76 Å². The summed E-state index contributed by atoms with van der Waals surface area (Å²) in [5.41, 5.74) is 0. The van der Waals surface area contributed by atoms with Crippen molar-refractivity contribution >= 4 is 11.9 Å². The van der Waals surface area contributed by atoms with Crippen LogP contribution in [-0.2, 0) is 11.2 Å². The van der Waals surface area contributed by atoms with E-state index in [2.05, 4.69) is 5.32 Å². The van der Waals surface area contributed by atoms with E-state index in [1.807, 2.05) is 6.92 Å². The van der Waals surface area contributed by atoms with Crippen LogP contribution < -0.4 is 5.32 Å². The summed E-state index contributed by atoms with van der Waals surface area (Å²) in [7, 11) is 0. The fourth-order valence-electron chi connectivity index (χ4n) is 1.02. The van der Waals surface area contributed by atoms with Crippen molar-refractivity contribution in [2.24, 2.45) is 0 Å². The number of rotatable bonds is 4. The van der Waals surface area contributed by atoms with Gasteiger partial charge in [-0.05, 0) is 19.1 Å². The maximum atomic E-state index is 11.4. The molecule has 1 amide bonds. The molecule has 1 atom stereocenters. The fourth-order valence-corrected chi connectivity index (χ4v) is 1.02. The molecule has 5 nitrogen and oxygen atoms in total. The van der Waals surface area contributed by atoms with Gasteiger partial charge in [0.1, 0.15) is 11.8 Å². The maximum Gasteiger partial charge on any atom is 0.325 e. The smallest absolute Gasteiger partial charge is 0.325 e. The highest BCUT2D eigenvalue weighted by molar-refractivity contribution is 5.94. The topological polar surface area (TPSA) is 79.5 Å². The SMILES string of the molecule is CCc1ccc(C(=O)NC(C)C(=O)O)o1. The second-order valence-corrected chi connectivity index (χ2v) is 3.15. The summed E-state index contributed by atoms with van der Waals surface area (Å²) < 4.78 is 5.17. The number of hydrogen-bond donors (Lipinski definition) is 2. The highest BCUT2D eigenvalue weighted by Gasteiger charge is 2.17. The van der Waals surface area contributed by atoms with Gasteiger partial charge in [0.15, 0.2) is 5.76 Å². The number of amides is 1. The minimum Gasteiger partial charge on any atom is -0.480 e. The summed E-state index contributed by atoms with van der Waals surface area (Å²) in [5.74, 6) is -0.752. The average molecular weight is 211 g/mol. The first-order valence-corrected chi connectivity index (χ1v) is 4.67. The van der Waals surface area contributed by atoms with Gasteiger partial charge in [0.25, 0.3) is 5.91 Å². The minimum absolute atomic E-state index is 0.139. The lowest BCUT2D eigenvalue weighted by molar-refractivity contribution is -0.138. The molecule has 82 valence electrons. The predicted molar refractivity (Wildman–Crippen MR) is 52.7 cm³/mol. The van der Waals surface area contributed by atoms with Crippen molar-refractivity contribution in [3.05, 3.63) is 23.7 Å². The monoisotopic (exact) mass is 211 g/mol. The Morgan fingerprint density at radius 2 is 2.20 bits per heavy atom. The lowest BCUT2D eigenvalue weighted by Gasteiger charge is -2.06. The van der Waals surface area contributed by atoms with Gasteiger partial charge in [-0.1, -0.05) is 6.92 Å². The number of carbonyl (C=O) groups excluding carboxylic acids is 1. The lowest BCUT2D eigenvalue weighted by Crippen LogP contribution is -2.38. The molecule has 0 fully saturated rings. The van der Waals surface area contributed by atoms with Crippen LogP contribution in [0.3, 0.4) is 0 Å². The van der Waals surface area contributed by atoms with Gasteiger partial charge in [-0.15, -0.1) is 0 Å². The summed E-state index contributed by atoms with van der Waals surface area (Å²) in [6.07, 6.45) is 0.696. The molecule has 0 spiro atoms. The van der Waals surface area contributed by atoms with Crippen LogP contribution in [0.4, 0.5) is 0 Å². The van der Waals surface area contributed by atoms with Gasteiger partial charge in [0.2, 0.25) is 0 Å². The zero-order valence-electron chi connectivity index (χ0n) is 8.61. The molecule has 0 radical (unpaired) electrons. The number of furan rings is 1. The first-order valence-electron chi connectivity index (χ1n) is 4.67. The first-order chi connectivity index (χ1) is 7.04. The van der Waals surface area contributed by atoms with Crippen LogP contribution in [0.1, 0.15) is 30.2 Å². The second kappa shape index (κ2) is 4.63. The molecule has 1 unspecified atom stereocenters. The van der Waals surface area contributed by atoms with Crippen LogP contribution >= 0.6 is 0 Å². The molecule has 0 aliphatic heterocycles. The van der Waals surface area contributed by atoms with Crippen molar-refractivity contribution in [2.75, 3.05) is 0 Å². The van der Waals surface area contributed by atoms with Gasteiger partial charge >= 0.3 is 5.97 Å². The van der Waals surface area contributed by atoms with E-state index < -0.39 is 17.9 Å². The van der Waals surface area contributed by atoms with E-state index in [4.69, 9.17) is 9.52 Å². The molecular weight excluding hydrogens is 198 g/mol. The number of carboxylic acid groups (broad SMARTS) is 1. The predicted octanol–water partition coefficient (Wildman–Crippen LogP) is 1.04. The Balaban J connectivity index is 2.65. The van der Waals surface area contributed by atoms with Gasteiger partial charge in [-0.2, -0.15) is 0 Å². The van der Waals surface area contributed by atoms with Crippen LogP contribution in [0.5, 0.6) is 0 Å². The van der Waals surface area contributed by atoms with Gasteiger partial charge in [0, 0.05) is 6.42 Å². The number of aliphatic carboxylic acids is 1. The average Bonchev–Trinajstić information content (AvgIpc) is 2.65. The third-order valence-corrected chi connectivity index (χ3v) is 1.95. The molecular formula is C10H13NO4. The Kier molecular flexibility index (Phi) is 3.49. The number of aryl methyl sites for hydroxylation is 1. The van der Waals surface area contributed by atoms with Crippen molar-refractivity contribution in [1.82, 2.24) is 5.32 Å².